The maximum Gasteiger partial charge on any atom is 0.193 e. The van der Waals surface area contributed by atoms with E-state index in [4.69, 9.17) is 9.69 Å². The summed E-state index contributed by atoms with van der Waals surface area (Å²) >= 11 is 1.70. The number of anilines is 1. The van der Waals surface area contributed by atoms with Crippen LogP contribution in [0.25, 0.3) is 0 Å². The number of rotatable bonds is 7. The van der Waals surface area contributed by atoms with Gasteiger partial charge in [0.15, 0.2) is 8.32 Å². The molecule has 0 spiro atoms. The summed E-state index contributed by atoms with van der Waals surface area (Å²) < 4.78 is 6.44. The first-order valence-corrected chi connectivity index (χ1v) is 12.7. The maximum atomic E-state index is 8.72. The fraction of sp³-hybridized carbons (Fsp3) is 0.500. The Morgan fingerprint density at radius 1 is 1.27 bits per heavy atom. The Balaban J connectivity index is 1.94. The van der Waals surface area contributed by atoms with E-state index in [9.17, 15) is 0 Å². The zero-order valence-corrected chi connectivity index (χ0v) is 18.4. The molecule has 1 heterocycles. The molecule has 0 saturated heterocycles. The van der Waals surface area contributed by atoms with E-state index in [0.717, 1.165) is 22.8 Å². The molecular weight excluding hydrogens is 358 g/mol. The van der Waals surface area contributed by atoms with Crippen molar-refractivity contribution in [3.63, 3.8) is 0 Å². The van der Waals surface area contributed by atoms with Crippen LogP contribution in [0.15, 0.2) is 30.5 Å². The van der Waals surface area contributed by atoms with Crippen LogP contribution in [0.1, 0.15) is 49.2 Å². The van der Waals surface area contributed by atoms with Gasteiger partial charge >= 0.3 is 0 Å². The molecule has 2 aromatic rings. The number of hydrogen-bond donors (Lipinski definition) is 1. The van der Waals surface area contributed by atoms with Crippen LogP contribution in [0, 0.1) is 11.3 Å². The summed E-state index contributed by atoms with van der Waals surface area (Å²) in [7, 11) is -1.80. The van der Waals surface area contributed by atoms with Crippen molar-refractivity contribution in [2.75, 3.05) is 5.32 Å². The standard InChI is InChI=1S/C20H29N3OSSi/c1-15(24-26(5,6)20(2,3)4)19-23-14-18(25-19)13-22-17-9-7-16(8-10-17)11-12-21/h7-10,14-15,22H,11,13H2,1-6H3. The van der Waals surface area contributed by atoms with Crippen molar-refractivity contribution >= 4 is 25.3 Å². The highest BCUT2D eigenvalue weighted by molar-refractivity contribution is 7.11. The molecule has 26 heavy (non-hydrogen) atoms. The van der Waals surface area contributed by atoms with Crippen LogP contribution >= 0.6 is 11.3 Å². The van der Waals surface area contributed by atoms with Crippen LogP contribution in [0.2, 0.25) is 18.1 Å². The van der Waals surface area contributed by atoms with E-state index in [1.165, 1.54) is 4.88 Å². The van der Waals surface area contributed by atoms with Crippen molar-refractivity contribution < 1.29 is 4.43 Å². The van der Waals surface area contributed by atoms with Gasteiger partial charge < -0.3 is 9.74 Å². The summed E-state index contributed by atoms with van der Waals surface area (Å²) in [6.45, 7) is 14.2. The second-order valence-electron chi connectivity index (χ2n) is 8.07. The molecule has 4 nitrogen and oxygen atoms in total. The Morgan fingerprint density at radius 2 is 1.92 bits per heavy atom. The smallest absolute Gasteiger partial charge is 0.193 e. The molecule has 1 atom stereocenters. The summed E-state index contributed by atoms with van der Waals surface area (Å²) in [5.41, 5.74) is 2.09. The molecule has 0 aliphatic heterocycles. The summed E-state index contributed by atoms with van der Waals surface area (Å²) in [6.07, 6.45) is 2.41. The van der Waals surface area contributed by atoms with Gasteiger partial charge in [-0.1, -0.05) is 32.9 Å². The van der Waals surface area contributed by atoms with Gasteiger partial charge in [0.05, 0.1) is 25.1 Å². The van der Waals surface area contributed by atoms with Gasteiger partial charge in [-0.05, 0) is 42.8 Å². The molecule has 0 radical (unpaired) electrons. The number of benzene rings is 1. The third-order valence-electron chi connectivity index (χ3n) is 4.90. The second kappa shape index (κ2) is 8.34. The lowest BCUT2D eigenvalue weighted by atomic mass is 10.1. The van der Waals surface area contributed by atoms with Gasteiger partial charge in [-0.2, -0.15) is 5.26 Å². The number of nitriles is 1. The Kier molecular flexibility index (Phi) is 6.62. The Bertz CT molecular complexity index is 757. The molecule has 2 rings (SSSR count). The zero-order chi connectivity index (χ0) is 19.4. The highest BCUT2D eigenvalue weighted by Gasteiger charge is 2.39. The third kappa shape index (κ3) is 5.40. The molecule has 1 aromatic heterocycles. The highest BCUT2D eigenvalue weighted by Crippen LogP contribution is 2.40. The summed E-state index contributed by atoms with van der Waals surface area (Å²) in [6, 6.07) is 10.2. The molecule has 6 heteroatoms. The van der Waals surface area contributed by atoms with E-state index in [-0.39, 0.29) is 11.1 Å². The second-order valence-corrected chi connectivity index (χ2v) is 14.0. The fourth-order valence-corrected chi connectivity index (χ4v) is 4.55. The topological polar surface area (TPSA) is 57.9 Å². The molecule has 0 aliphatic carbocycles. The normalized spacial score (nSPS) is 13.3. The maximum absolute atomic E-state index is 8.72. The SMILES string of the molecule is CC(O[Si](C)(C)C(C)(C)C)c1ncc(CNc2ccc(CC#N)cc2)s1. The van der Waals surface area contributed by atoms with Gasteiger partial charge in [-0.3, -0.25) is 0 Å². The molecule has 0 fully saturated rings. The molecule has 0 bridgehead atoms. The molecule has 0 saturated carbocycles. The van der Waals surface area contributed by atoms with Crippen LogP contribution in [0.4, 0.5) is 5.69 Å². The Labute approximate surface area is 162 Å². The van der Waals surface area contributed by atoms with Crippen LogP contribution in [-0.2, 0) is 17.4 Å². The molecule has 1 aromatic carbocycles. The van der Waals surface area contributed by atoms with E-state index in [0.29, 0.717) is 6.42 Å². The van der Waals surface area contributed by atoms with Crippen molar-refractivity contribution in [3.8, 4) is 6.07 Å². The number of hydrogen-bond acceptors (Lipinski definition) is 5. The quantitative estimate of drug-likeness (QED) is 0.600. The van der Waals surface area contributed by atoms with Gasteiger partial charge in [0, 0.05) is 16.8 Å². The van der Waals surface area contributed by atoms with Gasteiger partial charge in [0.2, 0.25) is 0 Å². The van der Waals surface area contributed by atoms with E-state index >= 15 is 0 Å². The number of nitrogens with one attached hydrogen (secondary N) is 1. The molecule has 0 aliphatic rings. The van der Waals surface area contributed by atoms with Crippen molar-refractivity contribution in [1.82, 2.24) is 4.98 Å². The van der Waals surface area contributed by atoms with Crippen molar-refractivity contribution in [2.45, 2.75) is 64.9 Å². The summed E-state index contributed by atoms with van der Waals surface area (Å²) in [5.74, 6) is 0. The van der Waals surface area contributed by atoms with Crippen molar-refractivity contribution in [3.05, 3.63) is 45.9 Å². The van der Waals surface area contributed by atoms with Crippen LogP contribution < -0.4 is 5.32 Å². The minimum Gasteiger partial charge on any atom is -0.408 e. The summed E-state index contributed by atoms with van der Waals surface area (Å²) in [5, 5.41) is 13.4. The fourth-order valence-electron chi connectivity index (χ4n) is 2.28. The van der Waals surface area contributed by atoms with Gasteiger partial charge in [-0.25, -0.2) is 4.98 Å². The van der Waals surface area contributed by atoms with Gasteiger partial charge in [0.1, 0.15) is 5.01 Å². The predicted molar refractivity (Wildman–Crippen MR) is 112 cm³/mol. The number of aromatic nitrogens is 1. The first kappa shape index (κ1) is 20.6. The van der Waals surface area contributed by atoms with E-state index < -0.39 is 8.32 Å². The number of thiazole rings is 1. The van der Waals surface area contributed by atoms with Crippen LogP contribution in [0.3, 0.4) is 0 Å². The molecular formula is C20H29N3OSSi. The van der Waals surface area contributed by atoms with Crippen LogP contribution in [-0.4, -0.2) is 13.3 Å². The average molecular weight is 388 g/mol. The molecule has 0 amide bonds. The third-order valence-corrected chi connectivity index (χ3v) is 10.6. The van der Waals surface area contributed by atoms with Crippen LogP contribution in [0.5, 0.6) is 0 Å². The molecule has 1 unspecified atom stereocenters. The first-order chi connectivity index (χ1) is 12.1. The first-order valence-electron chi connectivity index (χ1n) is 8.94. The van der Waals surface area contributed by atoms with Crippen molar-refractivity contribution in [1.29, 1.82) is 5.26 Å². The van der Waals surface area contributed by atoms with E-state index in [2.05, 4.69) is 57.2 Å². The average Bonchev–Trinajstić information content (AvgIpc) is 3.02. The molecule has 1 N–H and O–H groups in total. The Morgan fingerprint density at radius 3 is 2.50 bits per heavy atom. The summed E-state index contributed by atoms with van der Waals surface area (Å²) in [4.78, 5) is 5.76. The van der Waals surface area contributed by atoms with E-state index in [1.54, 1.807) is 11.3 Å². The Hall–Kier alpha value is -1.68. The van der Waals surface area contributed by atoms with Gasteiger partial charge in [-0.15, -0.1) is 11.3 Å². The van der Waals surface area contributed by atoms with Gasteiger partial charge in [0.25, 0.3) is 0 Å². The lowest BCUT2D eigenvalue weighted by molar-refractivity contribution is 0.202. The highest BCUT2D eigenvalue weighted by atomic mass is 32.1. The molecule has 140 valence electrons. The minimum absolute atomic E-state index is 0.0277. The number of nitrogens with zero attached hydrogens (tertiary/aromatic N) is 2. The monoisotopic (exact) mass is 387 g/mol. The van der Waals surface area contributed by atoms with E-state index in [1.807, 2.05) is 30.5 Å². The lowest BCUT2D eigenvalue weighted by Gasteiger charge is -2.38. The van der Waals surface area contributed by atoms with Crippen molar-refractivity contribution in [2.24, 2.45) is 0 Å². The largest absolute Gasteiger partial charge is 0.408 e. The zero-order valence-electron chi connectivity index (χ0n) is 16.6. The minimum atomic E-state index is -1.80. The predicted octanol–water partition coefficient (Wildman–Crippen LogP) is 5.90. The lowest BCUT2D eigenvalue weighted by Crippen LogP contribution is -2.41.